The molecule has 5 heteroatoms. The molecule has 0 bridgehead atoms. The maximum Gasteiger partial charge on any atom is 0.338 e. The Hall–Kier alpha value is -2.56. The van der Waals surface area contributed by atoms with Gasteiger partial charge in [-0.15, -0.1) is 5.10 Å². The highest BCUT2D eigenvalue weighted by atomic mass is 16.5. The van der Waals surface area contributed by atoms with E-state index in [4.69, 9.17) is 9.47 Å². The highest BCUT2D eigenvalue weighted by Crippen LogP contribution is 2.19. The van der Waals surface area contributed by atoms with E-state index in [0.717, 1.165) is 11.1 Å². The first kappa shape index (κ1) is 13.9. The van der Waals surface area contributed by atoms with Gasteiger partial charge in [0.2, 0.25) is 5.88 Å². The first-order valence-electron chi connectivity index (χ1n) is 6.10. The molecule has 0 aliphatic rings. The molecule has 0 spiro atoms. The van der Waals surface area contributed by atoms with Gasteiger partial charge in [-0.1, -0.05) is 24.8 Å². The standard InChI is InChI=1S/C15H16N2O3/c1-4-11-6-5-7-12(15(18)19-3)13(11)10-20-14-8-9-17(2)16-14/h4-9H,1,10H2,2-3H3. The number of methoxy groups -OCH3 is 1. The predicted octanol–water partition coefficient (Wildman–Crippen LogP) is 2.43. The molecule has 0 aliphatic heterocycles. The van der Waals surface area contributed by atoms with Gasteiger partial charge in [0.15, 0.2) is 0 Å². The van der Waals surface area contributed by atoms with Crippen LogP contribution in [0.2, 0.25) is 0 Å². The molecule has 2 aromatic rings. The Morgan fingerprint density at radius 1 is 1.45 bits per heavy atom. The SMILES string of the molecule is C=Cc1cccc(C(=O)OC)c1COc1ccn(C)n1. The first-order chi connectivity index (χ1) is 9.65. The number of carbonyl (C=O) groups excluding carboxylic acids is 1. The van der Waals surface area contributed by atoms with Crippen LogP contribution in [0, 0.1) is 0 Å². The van der Waals surface area contributed by atoms with Gasteiger partial charge in [0.1, 0.15) is 6.61 Å². The van der Waals surface area contributed by atoms with E-state index >= 15 is 0 Å². The van der Waals surface area contributed by atoms with Crippen LogP contribution in [-0.4, -0.2) is 22.9 Å². The summed E-state index contributed by atoms with van der Waals surface area (Å²) in [5.41, 5.74) is 2.05. The van der Waals surface area contributed by atoms with Crippen molar-refractivity contribution in [1.82, 2.24) is 9.78 Å². The summed E-state index contributed by atoms with van der Waals surface area (Å²) in [5, 5.41) is 4.13. The largest absolute Gasteiger partial charge is 0.472 e. The zero-order chi connectivity index (χ0) is 14.5. The molecule has 0 unspecified atom stereocenters. The molecule has 0 N–H and O–H groups in total. The molecule has 0 atom stereocenters. The Balaban J connectivity index is 2.28. The fourth-order valence-corrected chi connectivity index (χ4v) is 1.88. The molecule has 104 valence electrons. The average Bonchev–Trinajstić information content (AvgIpc) is 2.89. The Labute approximate surface area is 117 Å². The minimum atomic E-state index is -0.395. The third-order valence-corrected chi connectivity index (χ3v) is 2.89. The van der Waals surface area contributed by atoms with Crippen LogP contribution >= 0.6 is 0 Å². The quantitative estimate of drug-likeness (QED) is 0.784. The number of esters is 1. The fourth-order valence-electron chi connectivity index (χ4n) is 1.88. The molecule has 0 saturated heterocycles. The van der Waals surface area contributed by atoms with Gasteiger partial charge in [0.25, 0.3) is 0 Å². The summed E-state index contributed by atoms with van der Waals surface area (Å²) in [6.07, 6.45) is 3.47. The second-order valence-corrected chi connectivity index (χ2v) is 4.19. The lowest BCUT2D eigenvalue weighted by molar-refractivity contribution is 0.0597. The maximum absolute atomic E-state index is 11.8. The summed E-state index contributed by atoms with van der Waals surface area (Å²) in [5.74, 6) is 0.107. The number of benzene rings is 1. The van der Waals surface area contributed by atoms with Crippen LogP contribution in [0.25, 0.3) is 6.08 Å². The zero-order valence-electron chi connectivity index (χ0n) is 11.5. The van der Waals surface area contributed by atoms with E-state index in [9.17, 15) is 4.79 Å². The predicted molar refractivity (Wildman–Crippen MR) is 75.4 cm³/mol. The van der Waals surface area contributed by atoms with Crippen LogP contribution in [-0.2, 0) is 18.4 Å². The molecule has 5 nitrogen and oxygen atoms in total. The van der Waals surface area contributed by atoms with Crippen molar-refractivity contribution in [2.24, 2.45) is 7.05 Å². The van der Waals surface area contributed by atoms with Crippen molar-refractivity contribution in [2.75, 3.05) is 7.11 Å². The van der Waals surface area contributed by atoms with Gasteiger partial charge in [0, 0.05) is 24.9 Å². The van der Waals surface area contributed by atoms with Crippen LogP contribution in [0.1, 0.15) is 21.5 Å². The normalized spacial score (nSPS) is 10.1. The van der Waals surface area contributed by atoms with E-state index in [1.165, 1.54) is 7.11 Å². The average molecular weight is 272 g/mol. The van der Waals surface area contributed by atoms with E-state index in [0.29, 0.717) is 11.4 Å². The third kappa shape index (κ3) is 2.88. The Kier molecular flexibility index (Phi) is 4.20. The van der Waals surface area contributed by atoms with E-state index < -0.39 is 5.97 Å². The molecular formula is C15H16N2O3. The number of rotatable bonds is 5. The summed E-state index contributed by atoms with van der Waals surface area (Å²) >= 11 is 0. The molecule has 1 aromatic heterocycles. The molecule has 0 fully saturated rings. The van der Waals surface area contributed by atoms with E-state index in [-0.39, 0.29) is 6.61 Å². The Morgan fingerprint density at radius 3 is 2.85 bits per heavy atom. The second-order valence-electron chi connectivity index (χ2n) is 4.19. The number of nitrogens with zero attached hydrogens (tertiary/aromatic N) is 2. The molecule has 1 heterocycles. The lowest BCUT2D eigenvalue weighted by atomic mass is 10.0. The number of carbonyl (C=O) groups is 1. The molecule has 0 saturated carbocycles. The summed E-state index contributed by atoms with van der Waals surface area (Å²) in [6, 6.07) is 7.12. The summed E-state index contributed by atoms with van der Waals surface area (Å²) in [6.45, 7) is 3.98. The highest BCUT2D eigenvalue weighted by Gasteiger charge is 2.15. The van der Waals surface area contributed by atoms with Crippen molar-refractivity contribution < 1.29 is 14.3 Å². The van der Waals surface area contributed by atoms with Crippen molar-refractivity contribution in [3.8, 4) is 5.88 Å². The maximum atomic E-state index is 11.8. The summed E-state index contributed by atoms with van der Waals surface area (Å²) < 4.78 is 12.0. The number of hydrogen-bond acceptors (Lipinski definition) is 4. The van der Waals surface area contributed by atoms with Crippen molar-refractivity contribution in [3.05, 3.63) is 53.7 Å². The number of aromatic nitrogens is 2. The zero-order valence-corrected chi connectivity index (χ0v) is 11.5. The topological polar surface area (TPSA) is 53.4 Å². The molecule has 0 amide bonds. The van der Waals surface area contributed by atoms with E-state index in [2.05, 4.69) is 11.7 Å². The van der Waals surface area contributed by atoms with Gasteiger partial charge in [0.05, 0.1) is 12.7 Å². The smallest absolute Gasteiger partial charge is 0.338 e. The number of ether oxygens (including phenoxy) is 2. The number of hydrogen-bond donors (Lipinski definition) is 0. The monoisotopic (exact) mass is 272 g/mol. The lowest BCUT2D eigenvalue weighted by Gasteiger charge is -2.11. The van der Waals surface area contributed by atoms with Crippen LogP contribution in [0.4, 0.5) is 0 Å². The van der Waals surface area contributed by atoms with Gasteiger partial charge < -0.3 is 9.47 Å². The molecule has 0 radical (unpaired) electrons. The van der Waals surface area contributed by atoms with Gasteiger partial charge in [-0.3, -0.25) is 4.68 Å². The summed E-state index contributed by atoms with van der Waals surface area (Å²) in [4.78, 5) is 11.8. The minimum absolute atomic E-state index is 0.226. The molecule has 2 rings (SSSR count). The first-order valence-corrected chi connectivity index (χ1v) is 6.10. The minimum Gasteiger partial charge on any atom is -0.472 e. The van der Waals surface area contributed by atoms with Crippen LogP contribution in [0.15, 0.2) is 37.0 Å². The molecule has 20 heavy (non-hydrogen) atoms. The van der Waals surface area contributed by atoms with Crippen LogP contribution in [0.3, 0.4) is 0 Å². The van der Waals surface area contributed by atoms with Crippen molar-refractivity contribution in [2.45, 2.75) is 6.61 Å². The molecule has 0 aliphatic carbocycles. The Morgan fingerprint density at radius 2 is 2.25 bits per heavy atom. The van der Waals surface area contributed by atoms with Gasteiger partial charge >= 0.3 is 5.97 Å². The van der Waals surface area contributed by atoms with Crippen molar-refractivity contribution in [3.63, 3.8) is 0 Å². The van der Waals surface area contributed by atoms with E-state index in [1.807, 2.05) is 13.1 Å². The number of aryl methyl sites for hydroxylation is 1. The highest BCUT2D eigenvalue weighted by molar-refractivity contribution is 5.92. The van der Waals surface area contributed by atoms with E-state index in [1.54, 1.807) is 35.2 Å². The second kappa shape index (κ2) is 6.06. The molecule has 1 aromatic carbocycles. The summed E-state index contributed by atoms with van der Waals surface area (Å²) in [7, 11) is 3.16. The van der Waals surface area contributed by atoms with Gasteiger partial charge in [-0.2, -0.15) is 0 Å². The molecular weight excluding hydrogens is 256 g/mol. The lowest BCUT2D eigenvalue weighted by Crippen LogP contribution is -2.10. The van der Waals surface area contributed by atoms with Gasteiger partial charge in [-0.25, -0.2) is 4.79 Å². The Bertz CT molecular complexity index is 632. The van der Waals surface area contributed by atoms with Crippen molar-refractivity contribution in [1.29, 1.82) is 0 Å². The third-order valence-electron chi connectivity index (χ3n) is 2.89. The van der Waals surface area contributed by atoms with Crippen molar-refractivity contribution >= 4 is 12.0 Å². The van der Waals surface area contributed by atoms with Crippen LogP contribution in [0.5, 0.6) is 5.88 Å². The van der Waals surface area contributed by atoms with Gasteiger partial charge in [-0.05, 0) is 11.6 Å². The fraction of sp³-hybridized carbons (Fsp3) is 0.200. The van der Waals surface area contributed by atoms with Crippen LogP contribution < -0.4 is 4.74 Å².